The summed E-state index contributed by atoms with van der Waals surface area (Å²) in [4.78, 5) is 14.9. The highest BCUT2D eigenvalue weighted by atomic mass is 16.2. The number of hydrazone groups is 1. The average molecular weight is 398 g/mol. The highest BCUT2D eigenvalue weighted by Crippen LogP contribution is 2.20. The molecule has 3 aromatic carbocycles. The van der Waals surface area contributed by atoms with Crippen LogP contribution in [-0.4, -0.2) is 23.1 Å². The van der Waals surface area contributed by atoms with Gasteiger partial charge in [-0.3, -0.25) is 9.69 Å². The largest absolute Gasteiger partial charge is 0.294 e. The van der Waals surface area contributed by atoms with E-state index >= 15 is 0 Å². The topological polar surface area (TPSA) is 44.7 Å². The molecule has 0 unspecified atom stereocenters. The van der Waals surface area contributed by atoms with Gasteiger partial charge in [-0.15, -0.1) is 0 Å². The molecule has 0 saturated heterocycles. The van der Waals surface area contributed by atoms with Gasteiger partial charge in [0, 0.05) is 25.2 Å². The first-order chi connectivity index (χ1) is 14.6. The van der Waals surface area contributed by atoms with Crippen LogP contribution in [0.2, 0.25) is 0 Å². The highest BCUT2D eigenvalue weighted by molar-refractivity contribution is 6.00. The predicted octanol–water partition coefficient (Wildman–Crippen LogP) is 4.71. The maximum absolute atomic E-state index is 12.4. The van der Waals surface area contributed by atoms with E-state index in [0.29, 0.717) is 5.56 Å². The minimum atomic E-state index is -0.195. The second-order valence-corrected chi connectivity index (χ2v) is 7.93. The van der Waals surface area contributed by atoms with Crippen molar-refractivity contribution in [1.29, 1.82) is 0 Å². The van der Waals surface area contributed by atoms with E-state index in [1.165, 1.54) is 22.3 Å². The summed E-state index contributed by atoms with van der Waals surface area (Å²) >= 11 is 0. The molecule has 4 heteroatoms. The summed E-state index contributed by atoms with van der Waals surface area (Å²) < 4.78 is 0. The Morgan fingerprint density at radius 3 is 2.33 bits per heavy atom. The summed E-state index contributed by atoms with van der Waals surface area (Å²) in [6.07, 6.45) is 1.09. The molecule has 1 heterocycles. The Labute approximate surface area is 178 Å². The van der Waals surface area contributed by atoms with Crippen LogP contribution in [0.1, 0.15) is 45.1 Å². The van der Waals surface area contributed by atoms with Crippen molar-refractivity contribution in [2.45, 2.75) is 33.4 Å². The number of hydrogen-bond acceptors (Lipinski definition) is 3. The number of amides is 1. The summed E-state index contributed by atoms with van der Waals surface area (Å²) in [6.45, 7) is 6.87. The number of rotatable bonds is 5. The fourth-order valence-electron chi connectivity index (χ4n) is 3.77. The quantitative estimate of drug-likeness (QED) is 0.501. The Bertz CT molecular complexity index is 1050. The number of benzene rings is 3. The standard InChI is InChI=1S/C26H27N3O/c1-19-7-11-22(12-8-19)20(2)27-28-26(30)24-13-9-21(10-14-24)17-29-16-15-23-5-3-4-6-25(23)18-29/h3-14H,15-18H2,1-2H3,(H,28,30)/b27-20-. The van der Waals surface area contributed by atoms with Gasteiger partial charge >= 0.3 is 0 Å². The lowest BCUT2D eigenvalue weighted by molar-refractivity contribution is 0.0955. The van der Waals surface area contributed by atoms with Crippen molar-refractivity contribution in [3.8, 4) is 0 Å². The lowest BCUT2D eigenvalue weighted by atomic mass is 9.99. The summed E-state index contributed by atoms with van der Waals surface area (Å²) in [6, 6.07) is 24.6. The second kappa shape index (κ2) is 9.06. The van der Waals surface area contributed by atoms with Crippen LogP contribution >= 0.6 is 0 Å². The van der Waals surface area contributed by atoms with Crippen LogP contribution in [0.25, 0.3) is 0 Å². The molecule has 0 spiro atoms. The normalized spacial score (nSPS) is 14.3. The maximum atomic E-state index is 12.4. The number of carbonyl (C=O) groups is 1. The predicted molar refractivity (Wildman–Crippen MR) is 122 cm³/mol. The third kappa shape index (κ3) is 4.84. The van der Waals surface area contributed by atoms with Crippen LogP contribution in [0, 0.1) is 6.92 Å². The van der Waals surface area contributed by atoms with Gasteiger partial charge in [-0.25, -0.2) is 5.43 Å². The molecule has 0 radical (unpaired) electrons. The molecule has 1 aliphatic rings. The molecule has 1 N–H and O–H groups in total. The van der Waals surface area contributed by atoms with Crippen LogP contribution in [0.15, 0.2) is 77.9 Å². The first-order valence-electron chi connectivity index (χ1n) is 10.4. The van der Waals surface area contributed by atoms with E-state index in [2.05, 4.69) is 39.7 Å². The van der Waals surface area contributed by atoms with Crippen LogP contribution in [0.5, 0.6) is 0 Å². The second-order valence-electron chi connectivity index (χ2n) is 7.93. The van der Waals surface area contributed by atoms with Crippen molar-refractivity contribution in [1.82, 2.24) is 10.3 Å². The molecule has 30 heavy (non-hydrogen) atoms. The van der Waals surface area contributed by atoms with E-state index in [1.807, 2.05) is 62.4 Å². The number of hydrogen-bond donors (Lipinski definition) is 1. The third-order valence-corrected chi connectivity index (χ3v) is 5.63. The molecule has 4 nitrogen and oxygen atoms in total. The van der Waals surface area contributed by atoms with Gasteiger partial charge in [-0.1, -0.05) is 66.2 Å². The molecule has 0 fully saturated rings. The Morgan fingerprint density at radius 1 is 0.933 bits per heavy atom. The molecule has 0 aromatic heterocycles. The van der Waals surface area contributed by atoms with Crippen molar-refractivity contribution in [2.24, 2.45) is 5.10 Å². The van der Waals surface area contributed by atoms with Crippen molar-refractivity contribution in [3.05, 3.63) is 106 Å². The summed E-state index contributed by atoms with van der Waals surface area (Å²) in [5.41, 5.74) is 10.3. The first kappa shape index (κ1) is 20.0. The van der Waals surface area contributed by atoms with Crippen molar-refractivity contribution >= 4 is 11.6 Å². The molecule has 0 aliphatic carbocycles. The Balaban J connectivity index is 1.34. The van der Waals surface area contributed by atoms with Crippen molar-refractivity contribution < 1.29 is 4.79 Å². The molecule has 4 rings (SSSR count). The van der Waals surface area contributed by atoms with E-state index in [-0.39, 0.29) is 5.91 Å². The van der Waals surface area contributed by atoms with Crippen LogP contribution < -0.4 is 5.43 Å². The SMILES string of the molecule is C/C(=N/NC(=O)c1ccc(CN2CCc3ccccc3C2)cc1)c1ccc(C)cc1. The Morgan fingerprint density at radius 2 is 1.60 bits per heavy atom. The Kier molecular flexibility index (Phi) is 6.05. The van der Waals surface area contributed by atoms with Gasteiger partial charge in [0.15, 0.2) is 0 Å². The van der Waals surface area contributed by atoms with E-state index in [0.717, 1.165) is 37.3 Å². The lowest BCUT2D eigenvalue weighted by Crippen LogP contribution is -2.30. The van der Waals surface area contributed by atoms with E-state index in [4.69, 9.17) is 0 Å². The molecule has 152 valence electrons. The number of nitrogens with zero attached hydrogens (tertiary/aromatic N) is 2. The first-order valence-corrected chi connectivity index (χ1v) is 10.4. The molecular formula is C26H27N3O. The van der Waals surface area contributed by atoms with Gasteiger partial charge in [0.1, 0.15) is 0 Å². The monoisotopic (exact) mass is 397 g/mol. The molecule has 0 bridgehead atoms. The lowest BCUT2D eigenvalue weighted by Gasteiger charge is -2.28. The summed E-state index contributed by atoms with van der Waals surface area (Å²) in [5.74, 6) is -0.195. The zero-order valence-corrected chi connectivity index (χ0v) is 17.6. The van der Waals surface area contributed by atoms with Crippen molar-refractivity contribution in [3.63, 3.8) is 0 Å². The van der Waals surface area contributed by atoms with Gasteiger partial charge in [-0.2, -0.15) is 5.10 Å². The van der Waals surface area contributed by atoms with Crippen LogP contribution in [0.3, 0.4) is 0 Å². The summed E-state index contributed by atoms with van der Waals surface area (Å²) in [7, 11) is 0. The summed E-state index contributed by atoms with van der Waals surface area (Å²) in [5, 5.41) is 4.25. The fourth-order valence-corrected chi connectivity index (χ4v) is 3.77. The number of aryl methyl sites for hydroxylation is 1. The molecule has 1 aliphatic heterocycles. The van der Waals surface area contributed by atoms with Crippen LogP contribution in [0.4, 0.5) is 0 Å². The van der Waals surface area contributed by atoms with Gasteiger partial charge in [0.2, 0.25) is 0 Å². The molecular weight excluding hydrogens is 370 g/mol. The number of fused-ring (bicyclic) bond motifs is 1. The number of carbonyl (C=O) groups excluding carboxylic acids is 1. The maximum Gasteiger partial charge on any atom is 0.271 e. The fraction of sp³-hybridized carbons (Fsp3) is 0.231. The van der Waals surface area contributed by atoms with E-state index in [1.54, 1.807) is 0 Å². The van der Waals surface area contributed by atoms with Gasteiger partial charge in [0.25, 0.3) is 5.91 Å². The molecule has 1 amide bonds. The Hall–Kier alpha value is -3.24. The average Bonchev–Trinajstić information content (AvgIpc) is 2.78. The zero-order valence-electron chi connectivity index (χ0n) is 17.6. The molecule has 0 saturated carbocycles. The zero-order chi connectivity index (χ0) is 20.9. The third-order valence-electron chi connectivity index (χ3n) is 5.63. The minimum Gasteiger partial charge on any atom is -0.294 e. The molecule has 3 aromatic rings. The van der Waals surface area contributed by atoms with Gasteiger partial charge in [0.05, 0.1) is 5.71 Å². The van der Waals surface area contributed by atoms with E-state index in [9.17, 15) is 4.79 Å². The van der Waals surface area contributed by atoms with Crippen LogP contribution in [-0.2, 0) is 19.5 Å². The van der Waals surface area contributed by atoms with E-state index < -0.39 is 0 Å². The minimum absolute atomic E-state index is 0.195. The van der Waals surface area contributed by atoms with Crippen molar-refractivity contribution in [2.75, 3.05) is 6.54 Å². The highest BCUT2D eigenvalue weighted by Gasteiger charge is 2.16. The number of nitrogens with one attached hydrogen (secondary N) is 1. The molecule has 0 atom stereocenters. The smallest absolute Gasteiger partial charge is 0.271 e. The van der Waals surface area contributed by atoms with Gasteiger partial charge < -0.3 is 0 Å². The van der Waals surface area contributed by atoms with Gasteiger partial charge in [-0.05, 0) is 54.7 Å².